The maximum atomic E-state index is 12.0. The van der Waals surface area contributed by atoms with Crippen LogP contribution >= 0.6 is 0 Å². The van der Waals surface area contributed by atoms with Gasteiger partial charge < -0.3 is 14.8 Å². The molecule has 0 heterocycles. The maximum absolute atomic E-state index is 12.0. The van der Waals surface area contributed by atoms with Crippen molar-refractivity contribution in [2.75, 3.05) is 27.0 Å². The zero-order valence-corrected chi connectivity index (χ0v) is 15.1. The van der Waals surface area contributed by atoms with Crippen LogP contribution in [0.4, 0.5) is 0 Å². The van der Waals surface area contributed by atoms with Crippen LogP contribution in [0.25, 0.3) is 0 Å². The highest BCUT2D eigenvalue weighted by Crippen LogP contribution is 2.28. The third kappa shape index (κ3) is 5.38. The number of benzene rings is 1. The van der Waals surface area contributed by atoms with E-state index < -0.39 is 10.0 Å². The number of amides is 1. The van der Waals surface area contributed by atoms with Crippen molar-refractivity contribution in [1.82, 2.24) is 9.62 Å². The first-order valence-corrected chi connectivity index (χ1v) is 9.63. The second-order valence-corrected chi connectivity index (χ2v) is 7.86. The molecule has 1 aliphatic rings. The van der Waals surface area contributed by atoms with Crippen LogP contribution in [0.2, 0.25) is 0 Å². The number of sulfonamides is 1. The number of ether oxygens (including phenoxy) is 2. The predicted octanol–water partition coefficient (Wildman–Crippen LogP) is 1.13. The average molecular weight is 356 g/mol. The first-order valence-electron chi connectivity index (χ1n) is 7.79. The quantitative estimate of drug-likeness (QED) is 0.717. The number of hydrogen-bond donors (Lipinski definition) is 1. The molecule has 0 aromatic heterocycles. The number of methoxy groups -OCH3 is 2. The van der Waals surface area contributed by atoms with E-state index in [2.05, 4.69) is 5.32 Å². The molecular formula is C16H24N2O5S. The first-order chi connectivity index (χ1) is 11.3. The number of carbonyl (C=O) groups excluding carboxylic acids is 1. The summed E-state index contributed by atoms with van der Waals surface area (Å²) in [5.41, 5.74) is 0.765. The van der Waals surface area contributed by atoms with Crippen molar-refractivity contribution >= 4 is 15.9 Å². The van der Waals surface area contributed by atoms with Gasteiger partial charge in [-0.3, -0.25) is 4.79 Å². The van der Waals surface area contributed by atoms with E-state index in [0.717, 1.165) is 24.7 Å². The Labute approximate surface area is 143 Å². The minimum absolute atomic E-state index is 0.113. The summed E-state index contributed by atoms with van der Waals surface area (Å²) < 4.78 is 35.7. The van der Waals surface area contributed by atoms with E-state index in [4.69, 9.17) is 9.47 Å². The average Bonchev–Trinajstić information content (AvgIpc) is 3.33. The Balaban J connectivity index is 2.04. The second kappa shape index (κ2) is 7.85. The van der Waals surface area contributed by atoms with Crippen molar-refractivity contribution in [3.8, 4) is 11.5 Å². The summed E-state index contributed by atoms with van der Waals surface area (Å²) in [6.45, 7) is 0.321. The molecule has 2 rings (SSSR count). The highest BCUT2D eigenvalue weighted by Gasteiger charge is 2.24. The molecule has 24 heavy (non-hydrogen) atoms. The Morgan fingerprint density at radius 3 is 2.46 bits per heavy atom. The van der Waals surface area contributed by atoms with Crippen LogP contribution in [0.3, 0.4) is 0 Å². The van der Waals surface area contributed by atoms with E-state index in [9.17, 15) is 13.2 Å². The molecule has 0 spiro atoms. The number of carbonyl (C=O) groups is 1. The molecule has 0 radical (unpaired) electrons. The monoisotopic (exact) mass is 356 g/mol. The summed E-state index contributed by atoms with van der Waals surface area (Å²) in [6.07, 6.45) is 3.31. The molecule has 1 saturated carbocycles. The molecule has 1 aromatic carbocycles. The molecular weight excluding hydrogens is 332 g/mol. The molecule has 7 nitrogen and oxygen atoms in total. The minimum atomic E-state index is -3.43. The number of rotatable bonds is 9. The Bertz CT molecular complexity index is 686. The van der Waals surface area contributed by atoms with Gasteiger partial charge >= 0.3 is 0 Å². The van der Waals surface area contributed by atoms with Crippen molar-refractivity contribution in [3.05, 3.63) is 23.8 Å². The van der Waals surface area contributed by atoms with E-state index in [0.29, 0.717) is 11.5 Å². The molecule has 1 amide bonds. The van der Waals surface area contributed by atoms with E-state index in [1.807, 2.05) is 0 Å². The molecule has 134 valence electrons. The van der Waals surface area contributed by atoms with Crippen LogP contribution in [-0.4, -0.2) is 51.7 Å². The molecule has 1 fully saturated rings. The Kier molecular flexibility index (Phi) is 6.06. The zero-order chi connectivity index (χ0) is 17.7. The molecule has 1 aromatic rings. The van der Waals surface area contributed by atoms with Gasteiger partial charge in [0.2, 0.25) is 15.9 Å². The molecule has 0 saturated heterocycles. The van der Waals surface area contributed by atoms with Gasteiger partial charge in [0.05, 0.1) is 20.5 Å². The van der Waals surface area contributed by atoms with E-state index in [-0.39, 0.29) is 31.5 Å². The second-order valence-electron chi connectivity index (χ2n) is 5.88. The highest BCUT2D eigenvalue weighted by atomic mass is 32.2. The van der Waals surface area contributed by atoms with Crippen molar-refractivity contribution < 1.29 is 22.7 Å². The molecule has 0 unspecified atom stereocenters. The third-order valence-electron chi connectivity index (χ3n) is 3.81. The fraction of sp³-hybridized carbons (Fsp3) is 0.562. The largest absolute Gasteiger partial charge is 0.493 e. The van der Waals surface area contributed by atoms with Crippen LogP contribution < -0.4 is 14.8 Å². The number of hydrogen-bond acceptors (Lipinski definition) is 5. The van der Waals surface area contributed by atoms with Crippen LogP contribution in [-0.2, 0) is 21.4 Å². The van der Waals surface area contributed by atoms with Crippen LogP contribution in [0, 0.1) is 0 Å². The van der Waals surface area contributed by atoms with Crippen LogP contribution in [0.15, 0.2) is 18.2 Å². The summed E-state index contributed by atoms with van der Waals surface area (Å²) in [5, 5.41) is 2.86. The smallest absolute Gasteiger partial charge is 0.221 e. The van der Waals surface area contributed by atoms with Crippen LogP contribution in [0.5, 0.6) is 11.5 Å². The molecule has 1 aliphatic carbocycles. The Hall–Kier alpha value is -1.80. The van der Waals surface area contributed by atoms with Gasteiger partial charge in [0.25, 0.3) is 0 Å². The Morgan fingerprint density at radius 1 is 1.25 bits per heavy atom. The number of nitrogens with zero attached hydrogens (tertiary/aromatic N) is 1. The fourth-order valence-electron chi connectivity index (χ4n) is 2.30. The highest BCUT2D eigenvalue weighted by molar-refractivity contribution is 7.88. The van der Waals surface area contributed by atoms with Crippen molar-refractivity contribution in [2.24, 2.45) is 0 Å². The normalized spacial score (nSPS) is 14.5. The summed E-state index contributed by atoms with van der Waals surface area (Å²) in [5.74, 6) is 1.00. The molecule has 8 heteroatoms. The predicted molar refractivity (Wildman–Crippen MR) is 90.6 cm³/mol. The van der Waals surface area contributed by atoms with Gasteiger partial charge in [-0.2, -0.15) is 4.31 Å². The van der Waals surface area contributed by atoms with Gasteiger partial charge in [0, 0.05) is 25.6 Å². The standard InChI is InChI=1S/C16H24N2O5S/c1-22-14-7-4-12(10-15(14)23-2)11-18(24(3,20)21)9-8-16(19)17-13-5-6-13/h4,7,10,13H,5-6,8-9,11H2,1-3H3,(H,17,19). The van der Waals surface area contributed by atoms with Gasteiger partial charge in [-0.15, -0.1) is 0 Å². The molecule has 1 N–H and O–H groups in total. The number of nitrogens with one attached hydrogen (secondary N) is 1. The van der Waals surface area contributed by atoms with E-state index >= 15 is 0 Å². The van der Waals surface area contributed by atoms with E-state index in [1.54, 1.807) is 25.3 Å². The minimum Gasteiger partial charge on any atom is -0.493 e. The third-order valence-corrected chi connectivity index (χ3v) is 5.06. The van der Waals surface area contributed by atoms with Gasteiger partial charge in [-0.05, 0) is 30.5 Å². The molecule has 0 bridgehead atoms. The fourth-order valence-corrected chi connectivity index (χ4v) is 3.11. The molecule has 0 aliphatic heterocycles. The van der Waals surface area contributed by atoms with Crippen molar-refractivity contribution in [3.63, 3.8) is 0 Å². The lowest BCUT2D eigenvalue weighted by Crippen LogP contribution is -2.34. The van der Waals surface area contributed by atoms with E-state index in [1.165, 1.54) is 11.4 Å². The summed E-state index contributed by atoms with van der Waals surface area (Å²) >= 11 is 0. The summed E-state index contributed by atoms with van der Waals surface area (Å²) in [4.78, 5) is 11.8. The van der Waals surface area contributed by atoms with Crippen molar-refractivity contribution in [2.45, 2.75) is 31.8 Å². The van der Waals surface area contributed by atoms with Gasteiger partial charge in [0.15, 0.2) is 11.5 Å². The lowest BCUT2D eigenvalue weighted by atomic mass is 10.2. The lowest BCUT2D eigenvalue weighted by molar-refractivity contribution is -0.121. The lowest BCUT2D eigenvalue weighted by Gasteiger charge is -2.20. The van der Waals surface area contributed by atoms with Crippen molar-refractivity contribution in [1.29, 1.82) is 0 Å². The zero-order valence-electron chi connectivity index (χ0n) is 14.2. The van der Waals surface area contributed by atoms with Gasteiger partial charge in [0.1, 0.15) is 0 Å². The van der Waals surface area contributed by atoms with Crippen LogP contribution in [0.1, 0.15) is 24.8 Å². The summed E-state index contributed by atoms with van der Waals surface area (Å²) in [6, 6.07) is 5.52. The first kappa shape index (κ1) is 18.5. The van der Waals surface area contributed by atoms with Gasteiger partial charge in [-0.25, -0.2) is 8.42 Å². The maximum Gasteiger partial charge on any atom is 0.221 e. The summed E-state index contributed by atoms with van der Waals surface area (Å²) in [7, 11) is -0.359. The Morgan fingerprint density at radius 2 is 1.92 bits per heavy atom. The SMILES string of the molecule is COc1ccc(CN(CCC(=O)NC2CC2)S(C)(=O)=O)cc1OC. The topological polar surface area (TPSA) is 84.9 Å². The molecule has 0 atom stereocenters. The van der Waals surface area contributed by atoms with Gasteiger partial charge in [-0.1, -0.05) is 6.07 Å².